The molecule has 1 aliphatic rings. The number of carbonyl (C=O) groups excluding carboxylic acids is 1. The lowest BCUT2D eigenvalue weighted by Gasteiger charge is -2.27. The quantitative estimate of drug-likeness (QED) is 0.266. The summed E-state index contributed by atoms with van der Waals surface area (Å²) >= 11 is 7.62. The zero-order chi connectivity index (χ0) is 27.6. The monoisotopic (exact) mass is 565 g/mol. The van der Waals surface area contributed by atoms with Gasteiger partial charge >= 0.3 is 12.4 Å². The average Bonchev–Trinajstić information content (AvgIpc) is 3.09. The van der Waals surface area contributed by atoms with Crippen LogP contribution < -0.4 is 5.32 Å². The Morgan fingerprint density at radius 1 is 1.14 bits per heavy atom. The minimum Gasteiger partial charge on any atom is -0.324 e. The van der Waals surface area contributed by atoms with Crippen LogP contribution in [0.4, 0.5) is 32.0 Å². The van der Waals surface area contributed by atoms with Gasteiger partial charge in [-0.2, -0.15) is 43.2 Å². The third-order valence-electron chi connectivity index (χ3n) is 6.12. The highest BCUT2D eigenvalue weighted by molar-refractivity contribution is 7.98. The molecule has 1 heterocycles. The molecule has 1 amide bonds. The Kier molecular flexibility index (Phi) is 8.78. The van der Waals surface area contributed by atoms with Gasteiger partial charge in [-0.15, -0.1) is 0 Å². The number of aryl methyl sites for hydroxylation is 1. The molecule has 0 spiro atoms. The Hall–Kier alpha value is -2.40. The van der Waals surface area contributed by atoms with Crippen LogP contribution in [-0.4, -0.2) is 41.7 Å². The Morgan fingerprint density at radius 2 is 1.84 bits per heavy atom. The summed E-state index contributed by atoms with van der Waals surface area (Å²) in [5.74, 6) is 0.398. The lowest BCUT2D eigenvalue weighted by Crippen LogP contribution is -2.35. The molecule has 1 aliphatic heterocycles. The van der Waals surface area contributed by atoms with Crippen LogP contribution >= 0.6 is 23.4 Å². The van der Waals surface area contributed by atoms with Crippen molar-refractivity contribution in [2.75, 3.05) is 30.4 Å². The van der Waals surface area contributed by atoms with Crippen LogP contribution in [0.15, 0.2) is 41.5 Å². The second-order valence-electron chi connectivity index (χ2n) is 9.20. The summed E-state index contributed by atoms with van der Waals surface area (Å²) in [6, 6.07) is 6.54. The molecular formula is C25H26ClF6N3OS. The number of alkyl halides is 6. The minimum atomic E-state index is -4.59. The summed E-state index contributed by atoms with van der Waals surface area (Å²) < 4.78 is 78.3. The Balaban J connectivity index is 1.82. The molecule has 2 aromatic carbocycles. The third-order valence-corrected chi connectivity index (χ3v) is 7.13. The fourth-order valence-electron chi connectivity index (χ4n) is 4.30. The first kappa shape index (κ1) is 29.2. The number of hydrogen-bond donors (Lipinski definition) is 1. The molecule has 12 heteroatoms. The zero-order valence-corrected chi connectivity index (χ0v) is 21.9. The number of amides is 1. The average molecular weight is 566 g/mol. The number of halogens is 7. The zero-order valence-electron chi connectivity index (χ0n) is 20.4. The van der Waals surface area contributed by atoms with E-state index in [9.17, 15) is 31.1 Å². The molecule has 202 valence electrons. The van der Waals surface area contributed by atoms with Crippen molar-refractivity contribution in [2.45, 2.75) is 39.0 Å². The molecule has 0 saturated heterocycles. The number of nitrogens with one attached hydrogen (secondary N) is 1. The number of hydrazone groups is 1. The van der Waals surface area contributed by atoms with Crippen LogP contribution in [0.1, 0.15) is 42.0 Å². The number of benzene rings is 2. The Labute approximate surface area is 220 Å². The first-order valence-electron chi connectivity index (χ1n) is 11.3. The van der Waals surface area contributed by atoms with Gasteiger partial charge in [0.2, 0.25) is 5.91 Å². The lowest BCUT2D eigenvalue weighted by atomic mass is 9.78. The van der Waals surface area contributed by atoms with Gasteiger partial charge in [0.1, 0.15) is 6.54 Å². The number of hydrogen-bond acceptors (Lipinski definition) is 4. The van der Waals surface area contributed by atoms with Crippen LogP contribution in [-0.2, 0) is 17.1 Å². The number of thioether (sulfide) groups is 1. The molecule has 0 fully saturated rings. The van der Waals surface area contributed by atoms with E-state index >= 15 is 0 Å². The smallest absolute Gasteiger partial charge is 0.324 e. The van der Waals surface area contributed by atoms with Crippen molar-refractivity contribution < 1.29 is 31.1 Å². The molecule has 1 N–H and O–H groups in total. The Bertz CT molecular complexity index is 1180. The van der Waals surface area contributed by atoms with E-state index in [0.29, 0.717) is 24.2 Å². The fourth-order valence-corrected chi connectivity index (χ4v) is 5.03. The molecule has 0 aliphatic carbocycles. The maximum Gasteiger partial charge on any atom is 0.417 e. The van der Waals surface area contributed by atoms with E-state index in [1.807, 2.05) is 13.2 Å². The van der Waals surface area contributed by atoms with Gasteiger partial charge < -0.3 is 5.32 Å². The van der Waals surface area contributed by atoms with Gasteiger partial charge in [0.15, 0.2) is 0 Å². The summed E-state index contributed by atoms with van der Waals surface area (Å²) in [4.78, 5) is 12.7. The predicted molar refractivity (Wildman–Crippen MR) is 135 cm³/mol. The van der Waals surface area contributed by atoms with E-state index in [2.05, 4.69) is 10.4 Å². The largest absolute Gasteiger partial charge is 0.417 e. The molecule has 0 bridgehead atoms. The summed E-state index contributed by atoms with van der Waals surface area (Å²) in [6.45, 7) is 3.56. The second-order valence-corrected chi connectivity index (χ2v) is 10.6. The highest BCUT2D eigenvalue weighted by atomic mass is 35.5. The normalized spacial score (nSPS) is 18.2. The molecule has 37 heavy (non-hydrogen) atoms. The molecule has 1 atom stereocenters. The van der Waals surface area contributed by atoms with E-state index in [-0.39, 0.29) is 17.8 Å². The van der Waals surface area contributed by atoms with Gasteiger partial charge in [0.05, 0.1) is 21.9 Å². The topological polar surface area (TPSA) is 44.7 Å². The van der Waals surface area contributed by atoms with Crippen molar-refractivity contribution in [1.29, 1.82) is 0 Å². The molecule has 0 aromatic heterocycles. The van der Waals surface area contributed by atoms with Gasteiger partial charge in [-0.05, 0) is 73.2 Å². The first-order valence-corrected chi connectivity index (χ1v) is 13.1. The number of nitrogens with zero attached hydrogens (tertiary/aromatic N) is 2. The Morgan fingerprint density at radius 3 is 2.41 bits per heavy atom. The number of anilines is 1. The third kappa shape index (κ3) is 7.13. The van der Waals surface area contributed by atoms with Gasteiger partial charge in [-0.1, -0.05) is 24.6 Å². The lowest BCUT2D eigenvalue weighted by molar-refractivity contribution is -0.138. The van der Waals surface area contributed by atoms with Crippen LogP contribution in [0, 0.1) is 12.3 Å². The van der Waals surface area contributed by atoms with E-state index in [1.165, 1.54) is 30.1 Å². The van der Waals surface area contributed by atoms with Crippen molar-refractivity contribution in [3.63, 3.8) is 0 Å². The van der Waals surface area contributed by atoms with Crippen LogP contribution in [0.2, 0.25) is 5.02 Å². The highest BCUT2D eigenvalue weighted by Crippen LogP contribution is 2.39. The molecule has 4 nitrogen and oxygen atoms in total. The summed E-state index contributed by atoms with van der Waals surface area (Å²) in [5.41, 5.74) is -0.831. The fraction of sp³-hybridized carbons (Fsp3) is 0.440. The van der Waals surface area contributed by atoms with E-state index in [1.54, 1.807) is 11.8 Å². The standard InChI is InChI=1S/C25H26ClF6N3OS/c1-15-11-17(24(27,28)29)6-8-20(15)33-21(36)13-35-14-23(2,9-4-10-37-3)22(34-35)16-5-7-18(19(26)12-16)25(30,31)32/h5-8,11-12H,4,9-10,13-14H2,1-3H3,(H,33,36). The SMILES string of the molecule is CSCCCC1(C)CN(CC(=O)Nc2ccc(C(F)(F)F)cc2C)N=C1c1ccc(C(F)(F)F)c(Cl)c1. The van der Waals surface area contributed by atoms with Gasteiger partial charge in [0, 0.05) is 17.6 Å². The summed E-state index contributed by atoms with van der Waals surface area (Å²) in [7, 11) is 0. The van der Waals surface area contributed by atoms with Gasteiger partial charge in [-0.3, -0.25) is 9.80 Å². The summed E-state index contributed by atoms with van der Waals surface area (Å²) in [6.07, 6.45) is -5.59. The van der Waals surface area contributed by atoms with Crippen molar-refractivity contribution in [3.8, 4) is 0 Å². The molecule has 0 radical (unpaired) electrons. The molecule has 1 unspecified atom stereocenters. The van der Waals surface area contributed by atoms with Crippen molar-refractivity contribution >= 4 is 40.7 Å². The molecule has 2 aromatic rings. The van der Waals surface area contributed by atoms with E-state index < -0.39 is 39.8 Å². The van der Waals surface area contributed by atoms with E-state index in [4.69, 9.17) is 11.6 Å². The molecule has 3 rings (SSSR count). The first-order chi connectivity index (χ1) is 17.1. The van der Waals surface area contributed by atoms with Crippen LogP contribution in [0.25, 0.3) is 0 Å². The molecular weight excluding hydrogens is 540 g/mol. The maximum absolute atomic E-state index is 13.2. The predicted octanol–water partition coefficient (Wildman–Crippen LogP) is 7.49. The van der Waals surface area contributed by atoms with Gasteiger partial charge in [0.25, 0.3) is 0 Å². The number of carbonyl (C=O) groups is 1. The highest BCUT2D eigenvalue weighted by Gasteiger charge is 2.40. The van der Waals surface area contributed by atoms with Gasteiger partial charge in [-0.25, -0.2) is 0 Å². The van der Waals surface area contributed by atoms with Crippen LogP contribution in [0.3, 0.4) is 0 Å². The van der Waals surface area contributed by atoms with Crippen molar-refractivity contribution in [3.05, 3.63) is 63.7 Å². The molecule has 0 saturated carbocycles. The van der Waals surface area contributed by atoms with Crippen molar-refractivity contribution in [2.24, 2.45) is 10.5 Å². The van der Waals surface area contributed by atoms with E-state index in [0.717, 1.165) is 30.4 Å². The van der Waals surface area contributed by atoms with Crippen molar-refractivity contribution in [1.82, 2.24) is 5.01 Å². The van der Waals surface area contributed by atoms with Crippen LogP contribution in [0.5, 0.6) is 0 Å². The maximum atomic E-state index is 13.2. The number of rotatable bonds is 8. The minimum absolute atomic E-state index is 0.184. The summed E-state index contributed by atoms with van der Waals surface area (Å²) in [5, 5.41) is 8.27. The second kappa shape index (κ2) is 11.1.